The van der Waals surface area contributed by atoms with E-state index in [1.165, 1.54) is 0 Å². The Morgan fingerprint density at radius 1 is 1.08 bits per heavy atom. The molecule has 5 nitrogen and oxygen atoms in total. The van der Waals surface area contributed by atoms with Crippen LogP contribution in [0.3, 0.4) is 0 Å². The summed E-state index contributed by atoms with van der Waals surface area (Å²) in [6, 6.07) is 13.4. The van der Waals surface area contributed by atoms with Gasteiger partial charge in [0.1, 0.15) is 5.75 Å². The van der Waals surface area contributed by atoms with E-state index in [1.54, 1.807) is 20.3 Å². The molecule has 2 N–H and O–H groups in total. The van der Waals surface area contributed by atoms with E-state index in [1.807, 2.05) is 43.3 Å². The molecule has 1 aliphatic heterocycles. The zero-order valence-electron chi connectivity index (χ0n) is 14.1. The van der Waals surface area contributed by atoms with Gasteiger partial charge in [-0.2, -0.15) is 0 Å². The van der Waals surface area contributed by atoms with Crippen molar-refractivity contribution >= 4 is 5.71 Å². The van der Waals surface area contributed by atoms with Crippen molar-refractivity contribution in [3.8, 4) is 17.2 Å². The SMILES string of the molecule is COc1ccc(C2=NC(C)NC(c3cccc(OC)c3O)C2)cc1. The molecule has 2 aromatic rings. The van der Waals surface area contributed by atoms with Crippen molar-refractivity contribution in [2.45, 2.75) is 25.6 Å². The molecule has 24 heavy (non-hydrogen) atoms. The number of para-hydroxylation sites is 1. The van der Waals surface area contributed by atoms with Crippen LogP contribution in [0.1, 0.15) is 30.5 Å². The first-order chi connectivity index (χ1) is 11.6. The van der Waals surface area contributed by atoms with Gasteiger partial charge in [-0.15, -0.1) is 0 Å². The third kappa shape index (κ3) is 3.21. The second kappa shape index (κ2) is 6.93. The lowest BCUT2D eigenvalue weighted by atomic mass is 9.94. The van der Waals surface area contributed by atoms with E-state index < -0.39 is 0 Å². The molecule has 0 bridgehead atoms. The van der Waals surface area contributed by atoms with Gasteiger partial charge in [0.05, 0.1) is 20.4 Å². The second-order valence-electron chi connectivity index (χ2n) is 5.80. The Morgan fingerprint density at radius 2 is 1.83 bits per heavy atom. The predicted octanol–water partition coefficient (Wildman–Crippen LogP) is 3.28. The molecule has 0 radical (unpaired) electrons. The summed E-state index contributed by atoms with van der Waals surface area (Å²) in [6.45, 7) is 2.01. The molecule has 1 heterocycles. The zero-order valence-corrected chi connectivity index (χ0v) is 14.1. The van der Waals surface area contributed by atoms with Gasteiger partial charge in [-0.25, -0.2) is 0 Å². The Balaban J connectivity index is 1.89. The maximum Gasteiger partial charge on any atom is 0.162 e. The average molecular weight is 326 g/mol. The lowest BCUT2D eigenvalue weighted by Crippen LogP contribution is -2.36. The summed E-state index contributed by atoms with van der Waals surface area (Å²) in [6.07, 6.45) is 0.656. The number of phenols is 1. The third-order valence-corrected chi connectivity index (χ3v) is 4.24. The zero-order chi connectivity index (χ0) is 17.1. The van der Waals surface area contributed by atoms with Gasteiger partial charge in [0, 0.05) is 23.7 Å². The highest BCUT2D eigenvalue weighted by atomic mass is 16.5. The minimum Gasteiger partial charge on any atom is -0.504 e. The molecule has 0 amide bonds. The number of methoxy groups -OCH3 is 2. The molecule has 3 rings (SSSR count). The molecule has 0 saturated carbocycles. The molecule has 0 fully saturated rings. The molecule has 2 aromatic carbocycles. The summed E-state index contributed by atoms with van der Waals surface area (Å²) >= 11 is 0. The van der Waals surface area contributed by atoms with Gasteiger partial charge in [0.15, 0.2) is 11.5 Å². The summed E-state index contributed by atoms with van der Waals surface area (Å²) in [5.74, 6) is 1.49. The Labute approximate surface area is 142 Å². The molecule has 1 aliphatic rings. The van der Waals surface area contributed by atoms with Gasteiger partial charge < -0.3 is 14.6 Å². The predicted molar refractivity (Wildman–Crippen MR) is 94.1 cm³/mol. The molecular weight excluding hydrogens is 304 g/mol. The van der Waals surface area contributed by atoms with Crippen LogP contribution in [-0.4, -0.2) is 31.2 Å². The first kappa shape index (κ1) is 16.3. The van der Waals surface area contributed by atoms with Crippen molar-refractivity contribution in [3.63, 3.8) is 0 Å². The second-order valence-corrected chi connectivity index (χ2v) is 5.80. The molecule has 5 heteroatoms. The van der Waals surface area contributed by atoms with Crippen molar-refractivity contribution in [1.82, 2.24) is 5.32 Å². The Bertz CT molecular complexity index is 741. The minimum absolute atomic E-state index is 0.0234. The van der Waals surface area contributed by atoms with E-state index in [4.69, 9.17) is 14.5 Å². The van der Waals surface area contributed by atoms with Crippen LogP contribution >= 0.6 is 0 Å². The molecule has 0 saturated heterocycles. The monoisotopic (exact) mass is 326 g/mol. The van der Waals surface area contributed by atoms with Crippen LogP contribution in [0.4, 0.5) is 0 Å². The minimum atomic E-state index is -0.0357. The summed E-state index contributed by atoms with van der Waals surface area (Å²) < 4.78 is 10.4. The number of aliphatic imine (C=N–C) groups is 1. The average Bonchev–Trinajstić information content (AvgIpc) is 2.61. The number of nitrogens with one attached hydrogen (secondary N) is 1. The van der Waals surface area contributed by atoms with Crippen LogP contribution in [0.15, 0.2) is 47.5 Å². The lowest BCUT2D eigenvalue weighted by Gasteiger charge is -2.29. The van der Waals surface area contributed by atoms with E-state index in [0.717, 1.165) is 22.6 Å². The summed E-state index contributed by atoms with van der Waals surface area (Å²) in [7, 11) is 3.21. The Morgan fingerprint density at radius 3 is 2.50 bits per heavy atom. The maximum absolute atomic E-state index is 10.4. The smallest absolute Gasteiger partial charge is 0.162 e. The fraction of sp³-hybridized carbons (Fsp3) is 0.316. The number of benzene rings is 2. The van der Waals surface area contributed by atoms with Crippen LogP contribution in [0, 0.1) is 0 Å². The molecule has 0 spiro atoms. The van der Waals surface area contributed by atoms with Gasteiger partial charge in [-0.05, 0) is 42.8 Å². The number of rotatable bonds is 4. The number of hydrogen-bond donors (Lipinski definition) is 2. The van der Waals surface area contributed by atoms with Gasteiger partial charge in [0.2, 0.25) is 0 Å². The van der Waals surface area contributed by atoms with E-state index in [-0.39, 0.29) is 18.0 Å². The van der Waals surface area contributed by atoms with Crippen molar-refractivity contribution in [2.24, 2.45) is 4.99 Å². The largest absolute Gasteiger partial charge is 0.504 e. The van der Waals surface area contributed by atoms with E-state index in [9.17, 15) is 5.11 Å². The van der Waals surface area contributed by atoms with Crippen molar-refractivity contribution in [3.05, 3.63) is 53.6 Å². The quantitative estimate of drug-likeness (QED) is 0.905. The highest BCUT2D eigenvalue weighted by molar-refractivity contribution is 6.01. The van der Waals surface area contributed by atoms with Crippen molar-refractivity contribution in [1.29, 1.82) is 0 Å². The maximum atomic E-state index is 10.4. The number of aromatic hydroxyl groups is 1. The summed E-state index contributed by atoms with van der Waals surface area (Å²) in [4.78, 5) is 4.71. The van der Waals surface area contributed by atoms with Crippen LogP contribution in [0.25, 0.3) is 0 Å². The Kier molecular flexibility index (Phi) is 4.71. The van der Waals surface area contributed by atoms with Gasteiger partial charge in [-0.3, -0.25) is 10.3 Å². The number of nitrogens with zero attached hydrogens (tertiary/aromatic N) is 1. The molecule has 2 unspecified atom stereocenters. The summed E-state index contributed by atoms with van der Waals surface area (Å²) in [5, 5.41) is 13.9. The van der Waals surface area contributed by atoms with Gasteiger partial charge in [-0.1, -0.05) is 12.1 Å². The van der Waals surface area contributed by atoms with Crippen LogP contribution in [0.2, 0.25) is 0 Å². The molecule has 126 valence electrons. The standard InChI is InChI=1S/C19H22N2O3/c1-12-20-16(13-7-9-14(23-2)10-8-13)11-17(21-12)15-5-4-6-18(24-3)19(15)22/h4-10,12,17,21-22H,11H2,1-3H3. The van der Waals surface area contributed by atoms with Crippen LogP contribution < -0.4 is 14.8 Å². The molecule has 0 aromatic heterocycles. The summed E-state index contributed by atoms with van der Waals surface area (Å²) in [5.41, 5.74) is 2.90. The van der Waals surface area contributed by atoms with E-state index in [0.29, 0.717) is 12.2 Å². The fourth-order valence-corrected chi connectivity index (χ4v) is 3.03. The fourth-order valence-electron chi connectivity index (χ4n) is 3.03. The third-order valence-electron chi connectivity index (χ3n) is 4.24. The van der Waals surface area contributed by atoms with E-state index in [2.05, 4.69) is 5.32 Å². The Hall–Kier alpha value is -2.53. The van der Waals surface area contributed by atoms with Gasteiger partial charge in [0.25, 0.3) is 0 Å². The topological polar surface area (TPSA) is 63.1 Å². The number of hydrogen-bond acceptors (Lipinski definition) is 5. The van der Waals surface area contributed by atoms with Gasteiger partial charge >= 0.3 is 0 Å². The van der Waals surface area contributed by atoms with Crippen LogP contribution in [-0.2, 0) is 0 Å². The highest BCUT2D eigenvalue weighted by Gasteiger charge is 2.25. The molecular formula is C19H22N2O3. The first-order valence-corrected chi connectivity index (χ1v) is 7.95. The van der Waals surface area contributed by atoms with E-state index >= 15 is 0 Å². The highest BCUT2D eigenvalue weighted by Crippen LogP contribution is 2.36. The molecule has 0 aliphatic carbocycles. The normalized spacial score (nSPS) is 20.4. The number of ether oxygens (including phenoxy) is 2. The molecule has 2 atom stereocenters. The van der Waals surface area contributed by atoms with Crippen molar-refractivity contribution in [2.75, 3.05) is 14.2 Å². The van der Waals surface area contributed by atoms with Crippen molar-refractivity contribution < 1.29 is 14.6 Å². The van der Waals surface area contributed by atoms with Crippen LogP contribution in [0.5, 0.6) is 17.2 Å². The first-order valence-electron chi connectivity index (χ1n) is 7.95. The lowest BCUT2D eigenvalue weighted by molar-refractivity contribution is 0.361. The number of phenolic OH excluding ortho intramolecular Hbond substituents is 1.